The van der Waals surface area contributed by atoms with Gasteiger partial charge in [0.05, 0.1) is 27.2 Å². The lowest BCUT2D eigenvalue weighted by molar-refractivity contribution is -0.141. The van der Waals surface area contributed by atoms with Crippen molar-refractivity contribution in [3.8, 4) is 0 Å². The second-order valence-corrected chi connectivity index (χ2v) is 7.55. The number of carbonyl (C=O) groups excluding carboxylic acids is 1. The highest BCUT2D eigenvalue weighted by molar-refractivity contribution is 7.92. The van der Waals surface area contributed by atoms with Crippen LogP contribution in [0.3, 0.4) is 0 Å². The normalized spacial score (nSPS) is 11.2. The number of halogens is 3. The van der Waals surface area contributed by atoms with Gasteiger partial charge in [0.25, 0.3) is 10.0 Å². The first-order valence-electron chi connectivity index (χ1n) is 7.14. The molecule has 0 saturated heterocycles. The maximum atomic E-state index is 13.5. The summed E-state index contributed by atoms with van der Waals surface area (Å²) in [7, 11) is -4.20. The fourth-order valence-electron chi connectivity index (χ4n) is 2.03. The SMILES string of the molecule is CCOC(=O)CN(c1cccc(F)c1)S(=O)(=O)c1ccc(Cl)c(Cl)c1. The number of hydrogen-bond donors (Lipinski definition) is 0. The Morgan fingerprint density at radius 2 is 1.88 bits per heavy atom. The van der Waals surface area contributed by atoms with E-state index < -0.39 is 28.4 Å². The van der Waals surface area contributed by atoms with Crippen molar-refractivity contribution < 1.29 is 22.3 Å². The molecule has 2 rings (SSSR count). The second-order valence-electron chi connectivity index (χ2n) is 4.87. The average molecular weight is 406 g/mol. The van der Waals surface area contributed by atoms with Crippen LogP contribution < -0.4 is 4.31 Å². The van der Waals surface area contributed by atoms with Gasteiger partial charge in [-0.05, 0) is 43.3 Å². The van der Waals surface area contributed by atoms with E-state index in [-0.39, 0.29) is 27.2 Å². The number of carbonyl (C=O) groups is 1. The molecule has 0 radical (unpaired) electrons. The van der Waals surface area contributed by atoms with E-state index in [1.807, 2.05) is 0 Å². The molecule has 0 amide bonds. The van der Waals surface area contributed by atoms with Crippen LogP contribution in [0.5, 0.6) is 0 Å². The number of ether oxygens (including phenoxy) is 1. The van der Waals surface area contributed by atoms with Crippen LogP contribution >= 0.6 is 23.2 Å². The first-order valence-corrected chi connectivity index (χ1v) is 9.34. The van der Waals surface area contributed by atoms with Gasteiger partial charge in [-0.25, -0.2) is 12.8 Å². The summed E-state index contributed by atoms with van der Waals surface area (Å²) in [5, 5.41) is 0.224. The predicted octanol–water partition coefficient (Wildman–Crippen LogP) is 3.89. The van der Waals surface area contributed by atoms with Gasteiger partial charge in [-0.1, -0.05) is 29.3 Å². The van der Waals surface area contributed by atoms with Crippen molar-refractivity contribution in [2.45, 2.75) is 11.8 Å². The minimum atomic E-state index is -4.20. The van der Waals surface area contributed by atoms with Crippen LogP contribution in [0.4, 0.5) is 10.1 Å². The molecule has 2 aromatic carbocycles. The first kappa shape index (κ1) is 19.5. The van der Waals surface area contributed by atoms with Gasteiger partial charge in [0.15, 0.2) is 0 Å². The number of esters is 1. The van der Waals surface area contributed by atoms with Gasteiger partial charge in [0.2, 0.25) is 0 Å². The number of rotatable bonds is 6. The zero-order valence-electron chi connectivity index (χ0n) is 13.1. The molecule has 0 aliphatic rings. The van der Waals surface area contributed by atoms with Crippen molar-refractivity contribution in [1.29, 1.82) is 0 Å². The van der Waals surface area contributed by atoms with Crippen molar-refractivity contribution in [2.24, 2.45) is 0 Å². The summed E-state index contributed by atoms with van der Waals surface area (Å²) in [6, 6.07) is 8.62. The van der Waals surface area contributed by atoms with E-state index in [1.54, 1.807) is 6.92 Å². The Hall–Kier alpha value is -1.83. The van der Waals surface area contributed by atoms with E-state index in [2.05, 4.69) is 0 Å². The van der Waals surface area contributed by atoms with Gasteiger partial charge in [-0.2, -0.15) is 0 Å². The molecule has 0 unspecified atom stereocenters. The zero-order valence-corrected chi connectivity index (χ0v) is 15.4. The Labute approximate surface area is 155 Å². The van der Waals surface area contributed by atoms with Gasteiger partial charge >= 0.3 is 5.97 Å². The van der Waals surface area contributed by atoms with E-state index in [0.717, 1.165) is 22.5 Å². The van der Waals surface area contributed by atoms with Crippen molar-refractivity contribution in [3.05, 3.63) is 58.3 Å². The molecule has 0 N–H and O–H groups in total. The molecule has 25 heavy (non-hydrogen) atoms. The van der Waals surface area contributed by atoms with E-state index in [4.69, 9.17) is 27.9 Å². The Balaban J connectivity index is 2.52. The Morgan fingerprint density at radius 3 is 2.48 bits per heavy atom. The largest absolute Gasteiger partial charge is 0.465 e. The molecule has 0 fully saturated rings. The molecule has 5 nitrogen and oxygen atoms in total. The molecule has 0 aliphatic carbocycles. The Morgan fingerprint density at radius 1 is 1.16 bits per heavy atom. The maximum Gasteiger partial charge on any atom is 0.326 e. The van der Waals surface area contributed by atoms with E-state index in [0.29, 0.717) is 0 Å². The summed E-state index contributed by atoms with van der Waals surface area (Å²) >= 11 is 11.7. The highest BCUT2D eigenvalue weighted by atomic mass is 35.5. The lowest BCUT2D eigenvalue weighted by Crippen LogP contribution is -2.36. The molecule has 9 heteroatoms. The Bertz CT molecular complexity index is 889. The first-order chi connectivity index (χ1) is 11.8. The van der Waals surface area contributed by atoms with Crippen molar-refractivity contribution in [1.82, 2.24) is 0 Å². The Kier molecular flexibility index (Phi) is 6.26. The number of hydrogen-bond acceptors (Lipinski definition) is 4. The monoisotopic (exact) mass is 405 g/mol. The third-order valence-corrected chi connectivity index (χ3v) is 5.66. The van der Waals surface area contributed by atoms with Crippen molar-refractivity contribution >= 4 is 44.9 Å². The molecule has 0 atom stereocenters. The molecule has 0 aliphatic heterocycles. The molecule has 0 aromatic heterocycles. The minimum Gasteiger partial charge on any atom is -0.465 e. The third kappa shape index (κ3) is 4.62. The fourth-order valence-corrected chi connectivity index (χ4v) is 3.83. The third-order valence-electron chi connectivity index (χ3n) is 3.15. The standard InChI is InChI=1S/C16H14Cl2FNO4S/c1-2-24-16(21)10-20(12-5-3-4-11(19)8-12)25(22,23)13-6-7-14(17)15(18)9-13/h3-9H,2,10H2,1H3. The van der Waals surface area contributed by atoms with Gasteiger partial charge in [0.1, 0.15) is 12.4 Å². The van der Waals surface area contributed by atoms with Crippen LogP contribution in [0.1, 0.15) is 6.92 Å². The van der Waals surface area contributed by atoms with Crippen LogP contribution in [0, 0.1) is 5.82 Å². The molecule has 2 aromatic rings. The van der Waals surface area contributed by atoms with E-state index >= 15 is 0 Å². The minimum absolute atomic E-state index is 0.0147. The maximum absolute atomic E-state index is 13.5. The summed E-state index contributed by atoms with van der Waals surface area (Å²) in [4.78, 5) is 11.7. The van der Waals surface area contributed by atoms with Gasteiger partial charge < -0.3 is 4.74 Å². The summed E-state index contributed by atoms with van der Waals surface area (Å²) in [6.45, 7) is 1.07. The lowest BCUT2D eigenvalue weighted by Gasteiger charge is -2.23. The van der Waals surface area contributed by atoms with E-state index in [9.17, 15) is 17.6 Å². The molecule has 134 valence electrons. The molecule has 0 bridgehead atoms. The summed E-state index contributed by atoms with van der Waals surface area (Å²) < 4.78 is 45.0. The molecule has 0 heterocycles. The van der Waals surface area contributed by atoms with Crippen LogP contribution in [-0.2, 0) is 19.6 Å². The molecular formula is C16H14Cl2FNO4S. The fraction of sp³-hybridized carbons (Fsp3) is 0.188. The quantitative estimate of drug-likeness (QED) is 0.683. The highest BCUT2D eigenvalue weighted by Crippen LogP contribution is 2.29. The molecule has 0 saturated carbocycles. The van der Waals surface area contributed by atoms with Gasteiger partial charge in [-0.3, -0.25) is 9.10 Å². The summed E-state index contributed by atoms with van der Waals surface area (Å²) in [5.74, 6) is -1.41. The highest BCUT2D eigenvalue weighted by Gasteiger charge is 2.28. The van der Waals surface area contributed by atoms with Crippen LogP contribution in [0.25, 0.3) is 0 Å². The predicted molar refractivity (Wildman–Crippen MR) is 94.0 cm³/mol. The summed E-state index contributed by atoms with van der Waals surface area (Å²) in [5.41, 5.74) is -0.0147. The molecule has 0 spiro atoms. The number of nitrogens with zero attached hydrogens (tertiary/aromatic N) is 1. The second kappa shape index (κ2) is 8.03. The van der Waals surface area contributed by atoms with E-state index in [1.165, 1.54) is 24.3 Å². The average Bonchev–Trinajstić information content (AvgIpc) is 2.55. The number of sulfonamides is 1. The van der Waals surface area contributed by atoms with Crippen molar-refractivity contribution in [3.63, 3.8) is 0 Å². The van der Waals surface area contributed by atoms with Gasteiger partial charge in [-0.15, -0.1) is 0 Å². The van der Waals surface area contributed by atoms with Crippen LogP contribution in [0.15, 0.2) is 47.4 Å². The molecular weight excluding hydrogens is 392 g/mol. The lowest BCUT2D eigenvalue weighted by atomic mass is 10.3. The zero-order chi connectivity index (χ0) is 18.6. The van der Waals surface area contributed by atoms with Crippen molar-refractivity contribution in [2.75, 3.05) is 17.5 Å². The summed E-state index contributed by atoms with van der Waals surface area (Å²) in [6.07, 6.45) is 0. The topological polar surface area (TPSA) is 63.7 Å². The van der Waals surface area contributed by atoms with Gasteiger partial charge in [0, 0.05) is 0 Å². The smallest absolute Gasteiger partial charge is 0.326 e. The van der Waals surface area contributed by atoms with Crippen LogP contribution in [0.2, 0.25) is 10.0 Å². The van der Waals surface area contributed by atoms with Crippen LogP contribution in [-0.4, -0.2) is 27.5 Å². The number of benzene rings is 2. The number of anilines is 1.